The summed E-state index contributed by atoms with van der Waals surface area (Å²) >= 11 is 1.30. The predicted molar refractivity (Wildman–Crippen MR) is 139 cm³/mol. The third-order valence-electron chi connectivity index (χ3n) is 5.90. The largest absolute Gasteiger partial charge is 0.310 e. The fraction of sp³-hybridized carbons (Fsp3) is 0.346. The number of thioether (sulfide) groups is 1. The van der Waals surface area contributed by atoms with Gasteiger partial charge in [0.15, 0.2) is 5.16 Å². The van der Waals surface area contributed by atoms with Crippen LogP contribution < -0.4 is 10.5 Å². The molecule has 0 aliphatic carbocycles. The number of aryl methyl sites for hydroxylation is 2. The summed E-state index contributed by atoms with van der Waals surface area (Å²) in [5, 5.41) is 18.5. The highest BCUT2D eigenvalue weighted by Gasteiger charge is 2.26. The second-order valence-corrected chi connectivity index (χ2v) is 9.75. The Morgan fingerprint density at radius 3 is 2.63 bits per heavy atom. The van der Waals surface area contributed by atoms with Gasteiger partial charge in [-0.05, 0) is 44.5 Å². The number of aromatic nitrogens is 4. The number of unbranched alkanes of at least 4 members (excludes halogenated alkanes) is 1. The molecule has 0 saturated carbocycles. The highest BCUT2D eigenvalue weighted by molar-refractivity contribution is 8.00. The normalized spacial score (nSPS) is 12.1. The molecule has 0 aliphatic rings. The number of nitriles is 1. The lowest BCUT2D eigenvalue weighted by molar-refractivity contribution is -0.117. The topological polar surface area (TPSA) is 96.3 Å². The lowest BCUT2D eigenvalue weighted by Gasteiger charge is -2.25. The van der Waals surface area contributed by atoms with E-state index >= 15 is 0 Å². The van der Waals surface area contributed by atoms with Crippen molar-refractivity contribution in [3.63, 3.8) is 0 Å². The number of hydrogen-bond acceptors (Lipinski definition) is 6. The Morgan fingerprint density at radius 2 is 1.91 bits per heavy atom. The number of carbonyl (C=O) groups excluding carboxylic acids is 1. The van der Waals surface area contributed by atoms with Gasteiger partial charge < -0.3 is 4.90 Å². The number of rotatable bonds is 9. The summed E-state index contributed by atoms with van der Waals surface area (Å²) in [6.45, 7) is 6.76. The molecule has 2 aromatic heterocycles. The maximum atomic E-state index is 13.5. The molecule has 2 aromatic carbocycles. The molecular weight excluding hydrogens is 460 g/mol. The van der Waals surface area contributed by atoms with E-state index in [0.717, 1.165) is 24.1 Å². The van der Waals surface area contributed by atoms with Gasteiger partial charge in [-0.15, -0.1) is 10.2 Å². The van der Waals surface area contributed by atoms with Crippen LogP contribution in [0.4, 0.5) is 5.69 Å². The van der Waals surface area contributed by atoms with E-state index in [0.29, 0.717) is 34.9 Å². The quantitative estimate of drug-likeness (QED) is 0.320. The molecule has 2 heterocycles. The maximum absolute atomic E-state index is 13.5. The number of carbonyl (C=O) groups is 1. The summed E-state index contributed by atoms with van der Waals surface area (Å²) in [5.41, 5.74) is 2.48. The van der Waals surface area contributed by atoms with Gasteiger partial charge >= 0.3 is 0 Å². The fourth-order valence-corrected chi connectivity index (χ4v) is 4.93. The molecule has 0 saturated heterocycles. The Labute approximate surface area is 208 Å². The second kappa shape index (κ2) is 10.7. The fourth-order valence-electron chi connectivity index (χ4n) is 4.01. The van der Waals surface area contributed by atoms with Crippen molar-refractivity contribution in [3.05, 3.63) is 64.4 Å². The van der Waals surface area contributed by atoms with Crippen molar-refractivity contribution in [3.8, 4) is 6.07 Å². The molecule has 35 heavy (non-hydrogen) atoms. The van der Waals surface area contributed by atoms with Gasteiger partial charge in [-0.1, -0.05) is 54.9 Å². The average molecular weight is 489 g/mol. The highest BCUT2D eigenvalue weighted by Crippen LogP contribution is 2.28. The molecule has 1 unspecified atom stereocenters. The van der Waals surface area contributed by atoms with Crippen molar-refractivity contribution in [1.82, 2.24) is 19.2 Å². The zero-order chi connectivity index (χ0) is 24.9. The van der Waals surface area contributed by atoms with Gasteiger partial charge in [0, 0.05) is 18.8 Å². The number of fused-ring (bicyclic) bond motifs is 3. The minimum absolute atomic E-state index is 0.0864. The first-order chi connectivity index (χ1) is 17.0. The van der Waals surface area contributed by atoms with E-state index < -0.39 is 5.25 Å². The molecule has 180 valence electrons. The Hall–Kier alpha value is -3.64. The summed E-state index contributed by atoms with van der Waals surface area (Å²) in [4.78, 5) is 28.3. The van der Waals surface area contributed by atoms with E-state index in [1.807, 2.05) is 66.8 Å². The highest BCUT2D eigenvalue weighted by atomic mass is 32.2. The van der Waals surface area contributed by atoms with Crippen LogP contribution in [-0.2, 0) is 11.3 Å². The van der Waals surface area contributed by atoms with Gasteiger partial charge in [0.1, 0.15) is 0 Å². The molecule has 4 aromatic rings. The average Bonchev–Trinajstić information content (AvgIpc) is 3.28. The molecule has 8 nitrogen and oxygen atoms in total. The smallest absolute Gasteiger partial charge is 0.262 e. The lowest BCUT2D eigenvalue weighted by Crippen LogP contribution is -2.37. The summed E-state index contributed by atoms with van der Waals surface area (Å²) in [6.07, 6.45) is 2.03. The molecule has 1 atom stereocenters. The van der Waals surface area contributed by atoms with Crippen LogP contribution in [0.2, 0.25) is 0 Å². The number of anilines is 1. The third kappa shape index (κ3) is 4.93. The van der Waals surface area contributed by atoms with Gasteiger partial charge in [-0.25, -0.2) is 0 Å². The van der Waals surface area contributed by atoms with Gasteiger partial charge in [0.2, 0.25) is 11.7 Å². The van der Waals surface area contributed by atoms with Crippen LogP contribution in [0.1, 0.15) is 38.7 Å². The summed E-state index contributed by atoms with van der Waals surface area (Å²) < 4.78 is 3.53. The molecule has 0 bridgehead atoms. The number of benzene rings is 2. The van der Waals surface area contributed by atoms with E-state index in [1.54, 1.807) is 9.47 Å². The van der Waals surface area contributed by atoms with Gasteiger partial charge in [0.05, 0.1) is 28.6 Å². The molecule has 4 rings (SSSR count). The van der Waals surface area contributed by atoms with Crippen molar-refractivity contribution in [2.24, 2.45) is 0 Å². The van der Waals surface area contributed by atoms with Crippen molar-refractivity contribution in [1.29, 1.82) is 5.26 Å². The third-order valence-corrected chi connectivity index (χ3v) is 6.93. The number of hydrogen-bond donors (Lipinski definition) is 0. The Kier molecular flexibility index (Phi) is 7.51. The molecule has 0 N–H and O–H groups in total. The maximum Gasteiger partial charge on any atom is 0.262 e. The van der Waals surface area contributed by atoms with Crippen LogP contribution >= 0.6 is 11.8 Å². The SMILES string of the molecule is CCCCn1c(=O)c2ccccc2n2c(SC(C)C(=O)N(CCC#N)c3ccc(C)cc3)nnc12. The molecule has 0 aliphatic heterocycles. The first-order valence-corrected chi connectivity index (χ1v) is 12.6. The number of para-hydroxylation sites is 1. The monoisotopic (exact) mass is 488 g/mol. The van der Waals surface area contributed by atoms with E-state index in [9.17, 15) is 9.59 Å². The van der Waals surface area contributed by atoms with E-state index in [4.69, 9.17) is 5.26 Å². The number of nitrogens with zero attached hydrogens (tertiary/aromatic N) is 6. The van der Waals surface area contributed by atoms with Crippen molar-refractivity contribution in [2.45, 2.75) is 57.0 Å². The van der Waals surface area contributed by atoms with Crippen LogP contribution in [0, 0.1) is 18.3 Å². The van der Waals surface area contributed by atoms with Crippen molar-refractivity contribution >= 4 is 40.0 Å². The molecule has 9 heteroatoms. The van der Waals surface area contributed by atoms with Gasteiger partial charge in [-0.2, -0.15) is 5.26 Å². The Bertz CT molecular complexity index is 1450. The van der Waals surface area contributed by atoms with Crippen LogP contribution in [0.15, 0.2) is 58.5 Å². The van der Waals surface area contributed by atoms with Crippen molar-refractivity contribution < 1.29 is 4.79 Å². The van der Waals surface area contributed by atoms with E-state index in [-0.39, 0.29) is 17.9 Å². The molecule has 0 spiro atoms. The predicted octanol–water partition coefficient (Wildman–Crippen LogP) is 4.58. The zero-order valence-corrected chi connectivity index (χ0v) is 21.0. The minimum Gasteiger partial charge on any atom is -0.310 e. The zero-order valence-electron chi connectivity index (χ0n) is 20.1. The van der Waals surface area contributed by atoms with Crippen LogP contribution in [0.25, 0.3) is 16.7 Å². The van der Waals surface area contributed by atoms with Crippen molar-refractivity contribution in [2.75, 3.05) is 11.4 Å². The molecule has 1 amide bonds. The lowest BCUT2D eigenvalue weighted by atomic mass is 10.2. The minimum atomic E-state index is -0.489. The molecular formula is C26H28N6O2S. The first kappa shape index (κ1) is 24.5. The van der Waals surface area contributed by atoms with Crippen LogP contribution in [0.5, 0.6) is 0 Å². The number of amides is 1. The summed E-state index contributed by atoms with van der Waals surface area (Å²) in [6, 6.07) is 17.2. The summed E-state index contributed by atoms with van der Waals surface area (Å²) in [7, 11) is 0. The van der Waals surface area contributed by atoms with Crippen LogP contribution in [-0.4, -0.2) is 36.9 Å². The van der Waals surface area contributed by atoms with E-state index in [2.05, 4.69) is 23.2 Å². The van der Waals surface area contributed by atoms with Gasteiger partial charge in [-0.3, -0.25) is 18.6 Å². The standard InChI is InChI=1S/C26H28N6O2S/c1-4-5-16-31-24(34)21-9-6-7-10-22(21)32-25(31)28-29-26(32)35-19(3)23(33)30(17-8-15-27)20-13-11-18(2)12-14-20/h6-7,9-14,19H,4-5,8,16-17H2,1-3H3. The second-order valence-electron chi connectivity index (χ2n) is 8.44. The Balaban J connectivity index is 1.72. The van der Waals surface area contributed by atoms with E-state index in [1.165, 1.54) is 11.8 Å². The summed E-state index contributed by atoms with van der Waals surface area (Å²) in [5.74, 6) is 0.360. The van der Waals surface area contributed by atoms with Crippen LogP contribution in [0.3, 0.4) is 0 Å². The molecule has 0 fully saturated rings. The molecule has 0 radical (unpaired) electrons. The Morgan fingerprint density at radius 1 is 1.17 bits per heavy atom. The van der Waals surface area contributed by atoms with Gasteiger partial charge in [0.25, 0.3) is 5.56 Å². The first-order valence-electron chi connectivity index (χ1n) is 11.7.